The van der Waals surface area contributed by atoms with E-state index in [1.54, 1.807) is 12.1 Å². The molecule has 194 valence electrons. The van der Waals surface area contributed by atoms with Crippen molar-refractivity contribution in [3.8, 4) is 11.1 Å². The lowest BCUT2D eigenvalue weighted by atomic mass is 9.90. The summed E-state index contributed by atoms with van der Waals surface area (Å²) in [6.07, 6.45) is -17.0. The Kier molecular flexibility index (Phi) is 8.32. The Morgan fingerprint density at radius 1 is 0.771 bits per heavy atom. The molecule has 35 heavy (non-hydrogen) atoms. The summed E-state index contributed by atoms with van der Waals surface area (Å²) in [5, 5.41) is 20.4. The Bertz CT molecular complexity index is 966. The van der Waals surface area contributed by atoms with Gasteiger partial charge in [0.15, 0.2) is 0 Å². The SMILES string of the molecule is O=C([O-])C(F)(F)F.OC(c1ccc(-c2ccc(N3CC[NH2+]CC3)cc2)cc1)(C(F)(F)F)C(F)(F)F. The van der Waals surface area contributed by atoms with E-state index in [1.807, 2.05) is 12.1 Å². The number of hydrogen-bond acceptors (Lipinski definition) is 4. The summed E-state index contributed by atoms with van der Waals surface area (Å²) in [5.41, 5.74) is -4.06. The number of alkyl halides is 9. The first-order chi connectivity index (χ1) is 16.0. The number of quaternary nitrogens is 1. The number of anilines is 1. The Morgan fingerprint density at radius 3 is 1.49 bits per heavy atom. The van der Waals surface area contributed by atoms with Gasteiger partial charge in [-0.05, 0) is 23.3 Å². The minimum Gasteiger partial charge on any atom is -0.542 e. The second-order valence-electron chi connectivity index (χ2n) is 7.47. The topological polar surface area (TPSA) is 80.2 Å². The Morgan fingerprint density at radius 2 is 1.14 bits per heavy atom. The van der Waals surface area contributed by atoms with Crippen LogP contribution >= 0.6 is 0 Å². The minimum atomic E-state index is -5.89. The second-order valence-corrected chi connectivity index (χ2v) is 7.47. The number of carboxylic acid groups (broad SMARTS) is 1. The molecule has 0 aliphatic carbocycles. The van der Waals surface area contributed by atoms with Gasteiger partial charge in [-0.3, -0.25) is 0 Å². The van der Waals surface area contributed by atoms with E-state index in [4.69, 9.17) is 9.90 Å². The summed E-state index contributed by atoms with van der Waals surface area (Å²) < 4.78 is 109. The maximum atomic E-state index is 13.0. The molecular formula is C21H19F9N2O3. The average molecular weight is 518 g/mol. The predicted molar refractivity (Wildman–Crippen MR) is 103 cm³/mol. The van der Waals surface area contributed by atoms with E-state index < -0.39 is 35.7 Å². The highest BCUT2D eigenvalue weighted by atomic mass is 19.4. The first-order valence-corrected chi connectivity index (χ1v) is 9.90. The first-order valence-electron chi connectivity index (χ1n) is 9.90. The number of nitrogens with zero attached hydrogens (tertiary/aromatic N) is 1. The standard InChI is InChI=1S/C19H18F6N2O.C2HF3O2/c20-18(21,22)17(28,19(23,24)25)15-5-1-13(2-6-15)14-3-7-16(8-4-14)27-11-9-26-10-12-27;3-2(4,5)1(6)7/h1-8,26,28H,9-12H2;(H,6,7). The van der Waals surface area contributed by atoms with Gasteiger partial charge >= 0.3 is 18.5 Å². The van der Waals surface area contributed by atoms with Gasteiger partial charge in [0.1, 0.15) is 5.97 Å². The molecule has 1 heterocycles. The minimum absolute atomic E-state index is 0.453. The van der Waals surface area contributed by atoms with E-state index in [0.717, 1.165) is 44.0 Å². The molecule has 3 rings (SSSR count). The molecule has 1 fully saturated rings. The third-order valence-electron chi connectivity index (χ3n) is 5.13. The highest BCUT2D eigenvalue weighted by Crippen LogP contribution is 2.50. The number of benzene rings is 2. The van der Waals surface area contributed by atoms with Crippen LogP contribution in [0.15, 0.2) is 48.5 Å². The Hall–Kier alpha value is -3.00. The number of aliphatic carboxylic acids is 1. The zero-order valence-electron chi connectivity index (χ0n) is 17.6. The van der Waals surface area contributed by atoms with Gasteiger partial charge in [-0.25, -0.2) is 0 Å². The van der Waals surface area contributed by atoms with Crippen molar-refractivity contribution < 1.29 is 59.8 Å². The van der Waals surface area contributed by atoms with Crippen molar-refractivity contribution in [2.75, 3.05) is 31.1 Å². The third-order valence-corrected chi connectivity index (χ3v) is 5.13. The number of carbonyl (C=O) groups excluding carboxylic acids is 1. The molecule has 1 saturated heterocycles. The summed E-state index contributed by atoms with van der Waals surface area (Å²) in [7, 11) is 0. The number of carbonyl (C=O) groups is 1. The van der Waals surface area contributed by atoms with Gasteiger partial charge in [0.2, 0.25) is 0 Å². The normalized spacial score (nSPS) is 15.3. The van der Waals surface area contributed by atoms with Crippen molar-refractivity contribution >= 4 is 11.7 Å². The highest BCUT2D eigenvalue weighted by molar-refractivity contribution is 5.70. The predicted octanol–water partition coefficient (Wildman–Crippen LogP) is 2.35. The van der Waals surface area contributed by atoms with E-state index >= 15 is 0 Å². The Labute approximate surface area is 192 Å². The molecule has 0 saturated carbocycles. The lowest BCUT2D eigenvalue weighted by molar-refractivity contribution is -0.655. The fraction of sp³-hybridized carbons (Fsp3) is 0.381. The molecule has 0 spiro atoms. The van der Waals surface area contributed by atoms with Crippen molar-refractivity contribution in [1.82, 2.24) is 0 Å². The van der Waals surface area contributed by atoms with Gasteiger partial charge in [-0.15, -0.1) is 0 Å². The highest BCUT2D eigenvalue weighted by Gasteiger charge is 2.71. The summed E-state index contributed by atoms with van der Waals surface area (Å²) >= 11 is 0. The molecule has 3 N–H and O–H groups in total. The van der Waals surface area contributed by atoms with Crippen LogP contribution in [-0.2, 0) is 10.4 Å². The van der Waals surface area contributed by atoms with Gasteiger partial charge in [0.25, 0.3) is 5.60 Å². The Balaban J connectivity index is 0.000000540. The summed E-state index contributed by atoms with van der Waals surface area (Å²) in [5.74, 6) is -3.01. The zero-order valence-corrected chi connectivity index (χ0v) is 17.6. The molecule has 2 aromatic rings. The van der Waals surface area contributed by atoms with Crippen molar-refractivity contribution in [1.29, 1.82) is 0 Å². The molecule has 5 nitrogen and oxygen atoms in total. The van der Waals surface area contributed by atoms with Crippen molar-refractivity contribution in [3.05, 3.63) is 54.1 Å². The van der Waals surface area contributed by atoms with Crippen LogP contribution in [0.4, 0.5) is 45.2 Å². The van der Waals surface area contributed by atoms with Crippen LogP contribution in [0.5, 0.6) is 0 Å². The summed E-state index contributed by atoms with van der Waals surface area (Å²) in [6.45, 7) is 3.79. The van der Waals surface area contributed by atoms with E-state index in [1.165, 1.54) is 0 Å². The van der Waals surface area contributed by atoms with Crippen LogP contribution in [0.2, 0.25) is 0 Å². The third kappa shape index (κ3) is 6.57. The second kappa shape index (κ2) is 10.3. The number of nitrogens with two attached hydrogens (primary N) is 1. The molecule has 1 aliphatic rings. The van der Waals surface area contributed by atoms with E-state index in [0.29, 0.717) is 23.3 Å². The van der Waals surface area contributed by atoms with E-state index in [-0.39, 0.29) is 0 Å². The first kappa shape index (κ1) is 28.2. The monoisotopic (exact) mass is 518 g/mol. The number of carboxylic acids is 1. The van der Waals surface area contributed by atoms with Gasteiger partial charge in [-0.2, -0.15) is 39.5 Å². The largest absolute Gasteiger partial charge is 0.542 e. The molecule has 0 unspecified atom stereocenters. The zero-order chi connectivity index (χ0) is 26.7. The molecule has 0 aromatic heterocycles. The van der Waals surface area contributed by atoms with Crippen LogP contribution < -0.4 is 15.3 Å². The van der Waals surface area contributed by atoms with Gasteiger partial charge in [0, 0.05) is 11.3 Å². The maximum absolute atomic E-state index is 13.0. The maximum Gasteiger partial charge on any atom is 0.430 e. The number of rotatable bonds is 3. The van der Waals surface area contributed by atoms with Crippen LogP contribution in [-0.4, -0.2) is 55.8 Å². The number of aliphatic hydroxyl groups is 1. The summed E-state index contributed by atoms with van der Waals surface area (Å²) in [6, 6.07) is 10.9. The van der Waals surface area contributed by atoms with Crippen LogP contribution in [0, 0.1) is 0 Å². The van der Waals surface area contributed by atoms with E-state index in [9.17, 15) is 44.6 Å². The average Bonchev–Trinajstić information content (AvgIpc) is 2.77. The molecule has 14 heteroatoms. The smallest absolute Gasteiger partial charge is 0.430 e. The quantitative estimate of drug-likeness (QED) is 0.612. The molecule has 0 amide bonds. The van der Waals surface area contributed by atoms with E-state index in [2.05, 4.69) is 10.2 Å². The number of piperazine rings is 1. The molecular weight excluding hydrogens is 499 g/mol. The van der Waals surface area contributed by atoms with Crippen LogP contribution in [0.3, 0.4) is 0 Å². The van der Waals surface area contributed by atoms with Crippen LogP contribution in [0.25, 0.3) is 11.1 Å². The number of hydrogen-bond donors (Lipinski definition) is 2. The van der Waals surface area contributed by atoms with Gasteiger partial charge < -0.3 is 25.2 Å². The molecule has 0 radical (unpaired) electrons. The van der Waals surface area contributed by atoms with Crippen molar-refractivity contribution in [2.24, 2.45) is 0 Å². The van der Waals surface area contributed by atoms with Gasteiger partial charge in [0.05, 0.1) is 26.2 Å². The lowest BCUT2D eigenvalue weighted by Gasteiger charge is -2.32. The van der Waals surface area contributed by atoms with Gasteiger partial charge in [-0.1, -0.05) is 36.4 Å². The fourth-order valence-electron chi connectivity index (χ4n) is 3.27. The number of halogens is 9. The molecule has 2 aromatic carbocycles. The molecule has 1 aliphatic heterocycles. The van der Waals surface area contributed by atoms with Crippen LogP contribution in [0.1, 0.15) is 5.56 Å². The molecule has 0 bridgehead atoms. The van der Waals surface area contributed by atoms with Crippen molar-refractivity contribution in [2.45, 2.75) is 24.1 Å². The molecule has 0 atom stereocenters. The summed E-state index contributed by atoms with van der Waals surface area (Å²) in [4.78, 5) is 11.0. The lowest BCUT2D eigenvalue weighted by Crippen LogP contribution is -2.89. The van der Waals surface area contributed by atoms with Crippen molar-refractivity contribution in [3.63, 3.8) is 0 Å². The fourth-order valence-corrected chi connectivity index (χ4v) is 3.27.